The molecule has 3 rings (SSSR count). The molecule has 0 aromatic heterocycles. The number of benzene rings is 2. The monoisotopic (exact) mass is 367 g/mol. The molecule has 0 bridgehead atoms. The third-order valence-corrected chi connectivity index (χ3v) is 11.7. The zero-order valence-electron chi connectivity index (χ0n) is 16.7. The first kappa shape index (κ1) is 19.6. The van der Waals surface area contributed by atoms with E-state index in [-0.39, 0.29) is 0 Å². The van der Waals surface area contributed by atoms with Crippen molar-refractivity contribution in [3.8, 4) is 0 Å². The minimum Gasteiger partial charge on any atom is -0.0654 e. The Balaban J connectivity index is 1.75. The van der Waals surface area contributed by atoms with Gasteiger partial charge in [-0.2, -0.15) is 0 Å². The fraction of sp³-hybridized carbons (Fsp3) is 0.520. The van der Waals surface area contributed by atoms with E-state index in [0.29, 0.717) is 0 Å². The Morgan fingerprint density at radius 1 is 0.692 bits per heavy atom. The van der Waals surface area contributed by atoms with Crippen molar-refractivity contribution < 1.29 is 0 Å². The molecule has 1 aliphatic rings. The molecule has 0 nitrogen and oxygen atoms in total. The third kappa shape index (κ3) is 4.58. The first-order valence-corrected chi connectivity index (χ1v) is 13.3. The normalized spacial score (nSPS) is 21.8. The molecule has 1 saturated heterocycles. The van der Waals surface area contributed by atoms with Gasteiger partial charge in [-0.05, 0) is 36.8 Å². The lowest BCUT2D eigenvalue weighted by atomic mass is 10.0. The number of unbranched alkanes of at least 4 members (excludes halogenated alkanes) is 5. The summed E-state index contributed by atoms with van der Waals surface area (Å²) >= 11 is 0. The van der Waals surface area contributed by atoms with Crippen molar-refractivity contribution in [3.05, 3.63) is 71.8 Å². The van der Waals surface area contributed by atoms with Crippen molar-refractivity contribution in [1.29, 1.82) is 0 Å². The van der Waals surface area contributed by atoms with Crippen LogP contribution in [0.3, 0.4) is 0 Å². The highest BCUT2D eigenvalue weighted by Gasteiger charge is 2.53. The summed E-state index contributed by atoms with van der Waals surface area (Å²) in [6.07, 6.45) is 12.7. The van der Waals surface area contributed by atoms with E-state index >= 15 is 0 Å². The van der Waals surface area contributed by atoms with Crippen LogP contribution in [0.5, 0.6) is 0 Å². The lowest BCUT2D eigenvalue weighted by Crippen LogP contribution is -2.09. The van der Waals surface area contributed by atoms with Crippen LogP contribution in [0.15, 0.2) is 60.7 Å². The van der Waals surface area contributed by atoms with Crippen molar-refractivity contribution in [2.45, 2.75) is 69.6 Å². The molecule has 140 valence electrons. The molecule has 1 heterocycles. The fourth-order valence-electron chi connectivity index (χ4n) is 5.03. The van der Waals surface area contributed by atoms with Gasteiger partial charge in [-0.25, -0.2) is 0 Å². The molecule has 0 radical (unpaired) electrons. The second-order valence-corrected chi connectivity index (χ2v) is 12.7. The molecular weight excluding hydrogens is 331 g/mol. The molecule has 1 heteroatoms. The molecule has 0 saturated carbocycles. The molecule has 26 heavy (non-hydrogen) atoms. The van der Waals surface area contributed by atoms with Crippen LogP contribution in [0.4, 0.5) is 0 Å². The lowest BCUT2D eigenvalue weighted by Gasteiger charge is -2.31. The summed E-state index contributed by atoms with van der Waals surface area (Å²) in [5.41, 5.74) is 4.83. The zero-order valence-corrected chi connectivity index (χ0v) is 17.6. The molecular formula is C25H36P+. The van der Waals surface area contributed by atoms with Crippen molar-refractivity contribution in [2.24, 2.45) is 0 Å². The first-order chi connectivity index (χ1) is 12.8. The van der Waals surface area contributed by atoms with Crippen LogP contribution in [0.25, 0.3) is 0 Å². The highest BCUT2D eigenvalue weighted by Crippen LogP contribution is 2.82. The van der Waals surface area contributed by atoms with Crippen molar-refractivity contribution >= 4 is 7.26 Å². The molecule has 2 atom stereocenters. The average Bonchev–Trinajstić information content (AvgIpc) is 3.03. The van der Waals surface area contributed by atoms with Gasteiger partial charge in [0.1, 0.15) is 0 Å². The predicted molar refractivity (Wildman–Crippen MR) is 119 cm³/mol. The number of hydrogen-bond donors (Lipinski definition) is 0. The largest absolute Gasteiger partial charge is 0.0950 e. The van der Waals surface area contributed by atoms with Gasteiger partial charge in [0.25, 0.3) is 0 Å². The van der Waals surface area contributed by atoms with Gasteiger partial charge in [-0.1, -0.05) is 93.3 Å². The van der Waals surface area contributed by atoms with E-state index in [9.17, 15) is 0 Å². The first-order valence-electron chi connectivity index (χ1n) is 10.7. The van der Waals surface area contributed by atoms with Crippen molar-refractivity contribution in [1.82, 2.24) is 0 Å². The van der Waals surface area contributed by atoms with Crippen molar-refractivity contribution in [2.75, 3.05) is 12.8 Å². The molecule has 0 N–H and O–H groups in total. The van der Waals surface area contributed by atoms with Crippen molar-refractivity contribution in [3.63, 3.8) is 0 Å². The van der Waals surface area contributed by atoms with E-state index in [1.165, 1.54) is 57.5 Å². The summed E-state index contributed by atoms with van der Waals surface area (Å²) < 4.78 is 0. The van der Waals surface area contributed by atoms with Gasteiger partial charge < -0.3 is 0 Å². The van der Waals surface area contributed by atoms with Crippen LogP contribution in [0.2, 0.25) is 0 Å². The Labute approximate surface area is 161 Å². The van der Waals surface area contributed by atoms with Crippen LogP contribution >= 0.6 is 7.26 Å². The Bertz CT molecular complexity index is 586. The van der Waals surface area contributed by atoms with Crippen LogP contribution < -0.4 is 0 Å². The Morgan fingerprint density at radius 3 is 1.65 bits per heavy atom. The minimum atomic E-state index is -1.04. The van der Waals surface area contributed by atoms with Crippen LogP contribution in [0, 0.1) is 0 Å². The standard InChI is InChI=1S/C25H36P/c1-3-4-5-6-7-14-21-26(2)24(22-15-10-8-11-16-22)19-20-25(26)23-17-12-9-13-18-23/h8-13,15-18,24-25H,3-7,14,19-21H2,1-2H3/q+1/t24-,25-/m1/s1. The van der Waals surface area contributed by atoms with Crippen LogP contribution in [-0.2, 0) is 0 Å². The third-order valence-electron chi connectivity index (χ3n) is 6.50. The predicted octanol–water partition coefficient (Wildman–Crippen LogP) is 8.27. The highest BCUT2D eigenvalue weighted by atomic mass is 31.2. The van der Waals surface area contributed by atoms with Gasteiger partial charge in [0, 0.05) is 7.26 Å². The molecule has 0 aliphatic carbocycles. The van der Waals surface area contributed by atoms with E-state index in [1.807, 2.05) is 0 Å². The fourth-order valence-corrected chi connectivity index (χ4v) is 10.2. The SMILES string of the molecule is CCCCCCCC[P+]1(C)[C@@H](c2ccccc2)CC[C@@H]1c1ccccc1. The average molecular weight is 368 g/mol. The minimum absolute atomic E-state index is 0.810. The van der Waals surface area contributed by atoms with Gasteiger partial charge in [-0.15, -0.1) is 0 Å². The van der Waals surface area contributed by atoms with E-state index in [0.717, 1.165) is 11.3 Å². The molecule has 0 amide bonds. The maximum absolute atomic E-state index is 2.70. The molecule has 0 unspecified atom stereocenters. The Morgan fingerprint density at radius 2 is 1.15 bits per heavy atom. The second kappa shape index (κ2) is 9.70. The number of hydrogen-bond acceptors (Lipinski definition) is 0. The molecule has 2 aromatic carbocycles. The summed E-state index contributed by atoms with van der Waals surface area (Å²) in [6, 6.07) is 22.8. The van der Waals surface area contributed by atoms with Gasteiger partial charge in [0.15, 0.2) is 0 Å². The van der Waals surface area contributed by atoms with Crippen LogP contribution in [0.1, 0.15) is 80.7 Å². The Hall–Kier alpha value is -1.13. The number of rotatable bonds is 9. The van der Waals surface area contributed by atoms with Gasteiger partial charge in [-0.3, -0.25) is 0 Å². The summed E-state index contributed by atoms with van der Waals surface area (Å²) in [5.74, 6) is 0. The van der Waals surface area contributed by atoms with E-state index < -0.39 is 7.26 Å². The highest BCUT2D eigenvalue weighted by molar-refractivity contribution is 7.76. The Kier molecular flexibility index (Phi) is 7.32. The van der Waals surface area contributed by atoms with E-state index in [1.54, 1.807) is 11.1 Å². The van der Waals surface area contributed by atoms with E-state index in [4.69, 9.17) is 0 Å². The molecule has 1 aliphatic heterocycles. The molecule has 0 spiro atoms. The molecule has 1 fully saturated rings. The van der Waals surface area contributed by atoms with E-state index in [2.05, 4.69) is 74.3 Å². The van der Waals surface area contributed by atoms with Gasteiger partial charge in [0.2, 0.25) is 0 Å². The summed E-state index contributed by atoms with van der Waals surface area (Å²) in [5, 5.41) is 0. The second-order valence-electron chi connectivity index (χ2n) is 8.27. The lowest BCUT2D eigenvalue weighted by molar-refractivity contribution is 0.625. The summed E-state index contributed by atoms with van der Waals surface area (Å²) in [4.78, 5) is 0. The summed E-state index contributed by atoms with van der Waals surface area (Å²) in [6.45, 7) is 5.00. The molecule has 2 aromatic rings. The van der Waals surface area contributed by atoms with Gasteiger partial charge >= 0.3 is 0 Å². The topological polar surface area (TPSA) is 0 Å². The quantitative estimate of drug-likeness (QED) is 0.309. The maximum Gasteiger partial charge on any atom is 0.0950 e. The van der Waals surface area contributed by atoms with Gasteiger partial charge in [0.05, 0.1) is 24.1 Å². The smallest absolute Gasteiger partial charge is 0.0654 e. The van der Waals surface area contributed by atoms with Crippen LogP contribution in [-0.4, -0.2) is 12.8 Å². The summed E-state index contributed by atoms with van der Waals surface area (Å²) in [7, 11) is -1.04. The maximum atomic E-state index is 2.70. The zero-order chi connectivity index (χ0) is 18.2.